The molecule has 0 saturated carbocycles. The summed E-state index contributed by atoms with van der Waals surface area (Å²) in [5.74, 6) is -0.666. The monoisotopic (exact) mass is 436 g/mol. The minimum Gasteiger partial charge on any atom is -0.340 e. The fraction of sp³-hybridized carbons (Fsp3) is 0.619. The van der Waals surface area contributed by atoms with Crippen molar-refractivity contribution in [1.29, 1.82) is 5.26 Å². The van der Waals surface area contributed by atoms with Gasteiger partial charge in [0, 0.05) is 39.3 Å². The van der Waals surface area contributed by atoms with Gasteiger partial charge in [0.25, 0.3) is 0 Å². The number of amides is 1. The lowest BCUT2D eigenvalue weighted by molar-refractivity contribution is -0.138. The molecular formula is C21H29FN4O3S. The lowest BCUT2D eigenvalue weighted by Crippen LogP contribution is -2.55. The van der Waals surface area contributed by atoms with Gasteiger partial charge in [-0.05, 0) is 43.0 Å². The van der Waals surface area contributed by atoms with E-state index in [-0.39, 0.29) is 35.2 Å². The second-order valence-corrected chi connectivity index (χ2v) is 10.3. The van der Waals surface area contributed by atoms with Crippen LogP contribution in [0.5, 0.6) is 0 Å². The van der Waals surface area contributed by atoms with E-state index in [0.29, 0.717) is 45.6 Å². The molecule has 2 atom stereocenters. The van der Waals surface area contributed by atoms with Crippen molar-refractivity contribution in [1.82, 2.24) is 14.1 Å². The van der Waals surface area contributed by atoms with Crippen LogP contribution >= 0.6 is 0 Å². The fourth-order valence-corrected chi connectivity index (χ4v) is 5.77. The molecule has 1 aromatic carbocycles. The zero-order chi connectivity index (χ0) is 21.9. The van der Waals surface area contributed by atoms with Crippen molar-refractivity contribution in [3.8, 4) is 6.07 Å². The van der Waals surface area contributed by atoms with E-state index in [1.165, 1.54) is 16.4 Å². The van der Waals surface area contributed by atoms with Crippen LogP contribution in [0, 0.1) is 29.0 Å². The van der Waals surface area contributed by atoms with Gasteiger partial charge < -0.3 is 4.90 Å². The van der Waals surface area contributed by atoms with Crippen LogP contribution in [0.4, 0.5) is 4.39 Å². The highest BCUT2D eigenvalue weighted by Crippen LogP contribution is 2.26. The van der Waals surface area contributed by atoms with Crippen LogP contribution < -0.4 is 0 Å². The number of piperidine rings is 1. The predicted octanol–water partition coefficient (Wildman–Crippen LogP) is 1.92. The topological polar surface area (TPSA) is 84.7 Å². The Labute approximate surface area is 178 Å². The van der Waals surface area contributed by atoms with Crippen molar-refractivity contribution >= 4 is 15.9 Å². The first-order chi connectivity index (χ1) is 14.2. The largest absolute Gasteiger partial charge is 0.340 e. The number of nitrogens with zero attached hydrogens (tertiary/aromatic N) is 4. The Morgan fingerprint density at radius 1 is 1.13 bits per heavy atom. The Morgan fingerprint density at radius 3 is 2.33 bits per heavy atom. The van der Waals surface area contributed by atoms with Crippen LogP contribution in [-0.4, -0.2) is 73.7 Å². The third-order valence-electron chi connectivity index (χ3n) is 5.97. The van der Waals surface area contributed by atoms with Crippen LogP contribution in [0.1, 0.15) is 26.7 Å². The van der Waals surface area contributed by atoms with E-state index >= 15 is 0 Å². The molecule has 2 saturated heterocycles. The Balaban J connectivity index is 1.62. The molecule has 0 N–H and O–H groups in total. The van der Waals surface area contributed by atoms with E-state index in [0.717, 1.165) is 12.1 Å². The number of carbonyl (C=O) groups is 1. The van der Waals surface area contributed by atoms with Crippen LogP contribution in [0.2, 0.25) is 0 Å². The van der Waals surface area contributed by atoms with Crippen LogP contribution in [0.3, 0.4) is 0 Å². The number of sulfonamides is 1. The molecule has 0 aromatic heterocycles. The van der Waals surface area contributed by atoms with E-state index in [2.05, 4.69) is 11.0 Å². The summed E-state index contributed by atoms with van der Waals surface area (Å²) < 4.78 is 40.3. The summed E-state index contributed by atoms with van der Waals surface area (Å²) in [5.41, 5.74) is 0. The molecule has 0 spiro atoms. The normalized spacial score (nSPS) is 22.6. The summed E-state index contributed by atoms with van der Waals surface area (Å²) in [7, 11) is -3.76. The van der Waals surface area contributed by atoms with E-state index in [4.69, 9.17) is 0 Å². The molecular weight excluding hydrogens is 407 g/mol. The van der Waals surface area contributed by atoms with Crippen molar-refractivity contribution in [2.45, 2.75) is 37.6 Å². The molecule has 2 fully saturated rings. The van der Waals surface area contributed by atoms with Gasteiger partial charge in [-0.25, -0.2) is 12.8 Å². The molecule has 164 valence electrons. The van der Waals surface area contributed by atoms with Crippen molar-refractivity contribution < 1.29 is 17.6 Å². The molecule has 0 bridgehead atoms. The van der Waals surface area contributed by atoms with Crippen molar-refractivity contribution in [3.63, 3.8) is 0 Å². The Kier molecular flexibility index (Phi) is 7.11. The number of carbonyl (C=O) groups excluding carboxylic acids is 1. The Morgan fingerprint density at radius 2 is 1.77 bits per heavy atom. The first-order valence-electron chi connectivity index (χ1n) is 10.4. The first kappa shape index (κ1) is 22.7. The van der Waals surface area contributed by atoms with E-state index in [1.807, 2.05) is 13.8 Å². The van der Waals surface area contributed by atoms with Crippen molar-refractivity contribution in [2.75, 3.05) is 39.3 Å². The van der Waals surface area contributed by atoms with Gasteiger partial charge in [-0.2, -0.15) is 9.57 Å². The number of hydrogen-bond donors (Lipinski definition) is 0. The van der Waals surface area contributed by atoms with E-state index < -0.39 is 15.8 Å². The number of halogens is 1. The molecule has 0 aliphatic carbocycles. The molecule has 2 aliphatic heterocycles. The number of benzene rings is 1. The summed E-state index contributed by atoms with van der Waals surface area (Å²) in [6, 6.07) is 6.97. The molecule has 3 rings (SSSR count). The fourth-order valence-electron chi connectivity index (χ4n) is 4.25. The minimum atomic E-state index is -3.76. The van der Waals surface area contributed by atoms with Gasteiger partial charge in [0.2, 0.25) is 15.9 Å². The maximum atomic E-state index is 13.2. The predicted molar refractivity (Wildman–Crippen MR) is 110 cm³/mol. The lowest BCUT2D eigenvalue weighted by atomic mass is 9.97. The molecule has 0 radical (unpaired) electrons. The van der Waals surface area contributed by atoms with Crippen LogP contribution in [0.25, 0.3) is 0 Å². The van der Waals surface area contributed by atoms with Crippen molar-refractivity contribution in [2.24, 2.45) is 11.8 Å². The highest BCUT2D eigenvalue weighted by molar-refractivity contribution is 7.89. The summed E-state index contributed by atoms with van der Waals surface area (Å²) in [6.45, 7) is 6.92. The average molecular weight is 437 g/mol. The molecule has 7 nitrogen and oxygen atoms in total. The summed E-state index contributed by atoms with van der Waals surface area (Å²) in [4.78, 5) is 17.0. The highest BCUT2D eigenvalue weighted by atomic mass is 32.2. The van der Waals surface area contributed by atoms with Crippen LogP contribution in [-0.2, 0) is 14.8 Å². The third-order valence-corrected chi connectivity index (χ3v) is 7.85. The molecule has 9 heteroatoms. The molecule has 2 unspecified atom stereocenters. The molecule has 2 heterocycles. The first-order valence-corrected chi connectivity index (χ1v) is 11.9. The Bertz CT molecular complexity index is 890. The number of rotatable bonds is 5. The zero-order valence-electron chi connectivity index (χ0n) is 17.5. The molecule has 1 amide bonds. The molecule has 30 heavy (non-hydrogen) atoms. The van der Waals surface area contributed by atoms with Gasteiger partial charge in [0.15, 0.2) is 0 Å². The van der Waals surface area contributed by atoms with Gasteiger partial charge in [0.05, 0.1) is 16.9 Å². The molecule has 2 aliphatic rings. The lowest BCUT2D eigenvalue weighted by Gasteiger charge is -2.40. The van der Waals surface area contributed by atoms with Gasteiger partial charge in [-0.15, -0.1) is 0 Å². The van der Waals surface area contributed by atoms with Gasteiger partial charge >= 0.3 is 0 Å². The van der Waals surface area contributed by atoms with E-state index in [9.17, 15) is 22.9 Å². The SMILES string of the molecule is CC(C)C(C#N)N1CCN(C(=O)C2CCCN(S(=O)(=O)c3ccc(F)cc3)C2)CC1. The highest BCUT2D eigenvalue weighted by Gasteiger charge is 2.36. The maximum absolute atomic E-state index is 13.2. The standard InChI is InChI=1S/C21H29FN4O3S/c1-16(2)20(14-23)24-10-12-25(13-11-24)21(27)17-4-3-9-26(15-17)30(28,29)19-7-5-18(22)6-8-19/h5-8,16-17,20H,3-4,9-13,15H2,1-2H3. The Hall–Kier alpha value is -2.02. The van der Waals surface area contributed by atoms with Gasteiger partial charge in [0.1, 0.15) is 11.9 Å². The zero-order valence-corrected chi connectivity index (χ0v) is 18.3. The summed E-state index contributed by atoms with van der Waals surface area (Å²) in [5, 5.41) is 9.39. The number of piperazine rings is 1. The number of nitriles is 1. The third kappa shape index (κ3) is 4.82. The van der Waals surface area contributed by atoms with Gasteiger partial charge in [-0.1, -0.05) is 13.8 Å². The minimum absolute atomic E-state index is 0.0216. The smallest absolute Gasteiger partial charge is 0.243 e. The second-order valence-electron chi connectivity index (χ2n) is 8.34. The summed E-state index contributed by atoms with van der Waals surface area (Å²) >= 11 is 0. The second kappa shape index (κ2) is 9.41. The van der Waals surface area contributed by atoms with E-state index in [1.54, 1.807) is 4.90 Å². The summed E-state index contributed by atoms with van der Waals surface area (Å²) in [6.07, 6.45) is 1.27. The van der Waals surface area contributed by atoms with Gasteiger partial charge in [-0.3, -0.25) is 9.69 Å². The maximum Gasteiger partial charge on any atom is 0.243 e. The van der Waals surface area contributed by atoms with Crippen LogP contribution in [0.15, 0.2) is 29.2 Å². The quantitative estimate of drug-likeness (QED) is 0.704. The molecule has 1 aromatic rings. The average Bonchev–Trinajstić information content (AvgIpc) is 2.74. The van der Waals surface area contributed by atoms with Crippen molar-refractivity contribution in [3.05, 3.63) is 30.1 Å². The number of hydrogen-bond acceptors (Lipinski definition) is 5.